The molecule has 1 aliphatic heterocycles. The van der Waals surface area contributed by atoms with Crippen LogP contribution in [-0.4, -0.2) is 71.4 Å². The summed E-state index contributed by atoms with van der Waals surface area (Å²) in [5, 5.41) is 6.11. The molecule has 0 unspecified atom stereocenters. The molecule has 2 fully saturated rings. The van der Waals surface area contributed by atoms with Crippen molar-refractivity contribution in [1.82, 2.24) is 19.8 Å². The Morgan fingerprint density at radius 3 is 2.50 bits per heavy atom. The summed E-state index contributed by atoms with van der Waals surface area (Å²) in [6, 6.07) is 10.5. The number of nitrogens with zero attached hydrogens (tertiary/aromatic N) is 3. The first-order valence-corrected chi connectivity index (χ1v) is 15.1. The number of rotatable bonds is 12. The lowest BCUT2D eigenvalue weighted by atomic mass is 9.96. The Balaban J connectivity index is 1.48. The first-order chi connectivity index (χ1) is 21.0. The van der Waals surface area contributed by atoms with E-state index < -0.39 is 12.1 Å². The smallest absolute Gasteiger partial charge is 0.263 e. The first-order valence-electron chi connectivity index (χ1n) is 15.1. The number of amides is 2. The average Bonchev–Trinajstić information content (AvgIpc) is 3.80. The minimum atomic E-state index is -1.02. The van der Waals surface area contributed by atoms with Crippen LogP contribution in [0, 0.1) is 6.92 Å². The second-order valence-corrected chi connectivity index (χ2v) is 11.9. The summed E-state index contributed by atoms with van der Waals surface area (Å²) >= 11 is 0. The molecule has 1 saturated heterocycles. The lowest BCUT2D eigenvalue weighted by Gasteiger charge is -2.34. The topological polar surface area (TPSA) is 115 Å². The molecule has 0 bridgehead atoms. The molecule has 44 heavy (non-hydrogen) atoms. The third-order valence-corrected chi connectivity index (χ3v) is 7.69. The fourth-order valence-electron chi connectivity index (χ4n) is 5.11. The number of halogens is 1. The van der Waals surface area contributed by atoms with Gasteiger partial charge in [0.2, 0.25) is 5.88 Å². The monoisotopic (exact) mass is 605 g/mol. The molecular formula is C33H40FN5O5. The van der Waals surface area contributed by atoms with E-state index in [2.05, 4.69) is 15.6 Å². The van der Waals surface area contributed by atoms with Crippen molar-refractivity contribution in [3.05, 3.63) is 75.2 Å². The number of hydrogen-bond acceptors (Lipinski definition) is 7. The minimum absolute atomic E-state index is 0.0132. The van der Waals surface area contributed by atoms with Gasteiger partial charge in [-0.1, -0.05) is 17.7 Å². The molecule has 2 aliphatic rings. The van der Waals surface area contributed by atoms with Crippen molar-refractivity contribution in [3.63, 3.8) is 0 Å². The minimum Gasteiger partial charge on any atom is -0.475 e. The number of methoxy groups -OCH3 is 1. The molecule has 3 heterocycles. The fourth-order valence-corrected chi connectivity index (χ4v) is 5.11. The normalized spacial score (nSPS) is 15.7. The molecule has 0 spiro atoms. The summed E-state index contributed by atoms with van der Waals surface area (Å²) in [4.78, 5) is 46.3. The van der Waals surface area contributed by atoms with Gasteiger partial charge in [-0.2, -0.15) is 4.98 Å². The van der Waals surface area contributed by atoms with Crippen LogP contribution in [-0.2, 0) is 11.3 Å². The summed E-state index contributed by atoms with van der Waals surface area (Å²) in [5.41, 5.74) is 2.95. The van der Waals surface area contributed by atoms with Gasteiger partial charge in [0.1, 0.15) is 17.6 Å². The van der Waals surface area contributed by atoms with Gasteiger partial charge >= 0.3 is 0 Å². The molecule has 0 radical (unpaired) electrons. The van der Waals surface area contributed by atoms with Crippen LogP contribution in [0.2, 0.25) is 0 Å². The van der Waals surface area contributed by atoms with Crippen molar-refractivity contribution in [1.29, 1.82) is 0 Å². The van der Waals surface area contributed by atoms with Crippen LogP contribution < -0.4 is 20.9 Å². The molecule has 1 aliphatic carbocycles. The number of aromatic nitrogens is 2. The van der Waals surface area contributed by atoms with E-state index in [0.29, 0.717) is 29.8 Å². The summed E-state index contributed by atoms with van der Waals surface area (Å²) in [6.45, 7) is 8.76. The van der Waals surface area contributed by atoms with E-state index in [1.165, 1.54) is 4.90 Å². The number of nitrogens with one attached hydrogen (secondary N) is 2. The van der Waals surface area contributed by atoms with Crippen LogP contribution in [0.25, 0.3) is 11.1 Å². The molecule has 1 saturated carbocycles. The van der Waals surface area contributed by atoms with Gasteiger partial charge in [-0.05, 0) is 75.4 Å². The van der Waals surface area contributed by atoms with Gasteiger partial charge in [-0.15, -0.1) is 0 Å². The molecule has 1 atom stereocenters. The Labute approximate surface area is 256 Å². The van der Waals surface area contributed by atoms with Crippen LogP contribution in [0.3, 0.4) is 0 Å². The number of likely N-dealkylation sites (tertiary alicyclic amines) is 1. The molecule has 10 nitrogen and oxygen atoms in total. The molecule has 234 valence electrons. The molecule has 2 amide bonds. The fraction of sp³-hybridized carbons (Fsp3) is 0.455. The number of carbonyl (C=O) groups excluding carboxylic acids is 2. The zero-order valence-corrected chi connectivity index (χ0v) is 25.9. The van der Waals surface area contributed by atoms with E-state index in [9.17, 15) is 18.8 Å². The van der Waals surface area contributed by atoms with Crippen molar-refractivity contribution in [3.8, 4) is 17.0 Å². The van der Waals surface area contributed by atoms with Crippen molar-refractivity contribution in [2.24, 2.45) is 0 Å². The quantitative estimate of drug-likeness (QED) is 0.312. The second-order valence-electron chi connectivity index (χ2n) is 11.9. The standard InChI is InChI=1S/C33H40FN5O5/c1-19(2)44-30-13-23(26-9-6-20(3)10-27(26)32(41)38-17-24(34)18-38)12-29(36-30)37-31(40)28-11-22(15-35-14-21(4)43-5)16-39(33(28)42)25-7-8-25/h6,9-13,16,19,21,24-25,35H,7-8,14-15,17-18H2,1-5H3,(H,36,37,40)/t21-/m0/s1. The number of hydrogen-bond donors (Lipinski definition) is 2. The predicted molar refractivity (Wildman–Crippen MR) is 166 cm³/mol. The maximum absolute atomic E-state index is 13.6. The van der Waals surface area contributed by atoms with Gasteiger partial charge in [0.15, 0.2) is 0 Å². The molecule has 3 aromatic rings. The SMILES string of the molecule is CO[C@@H](C)CNCc1cc(C(=O)Nc2cc(-c3ccc(C)cc3C(=O)N3CC(F)C3)cc(OC(C)C)n2)c(=O)n(C2CC2)c1. The van der Waals surface area contributed by atoms with E-state index in [1.807, 2.05) is 46.0 Å². The average molecular weight is 606 g/mol. The highest BCUT2D eigenvalue weighted by molar-refractivity contribution is 6.05. The number of alkyl halides is 1. The summed E-state index contributed by atoms with van der Waals surface area (Å²) in [7, 11) is 1.65. The van der Waals surface area contributed by atoms with Crippen LogP contribution in [0.15, 0.2) is 47.4 Å². The van der Waals surface area contributed by atoms with Gasteiger partial charge in [-0.3, -0.25) is 14.4 Å². The predicted octanol–water partition coefficient (Wildman–Crippen LogP) is 4.51. The number of aryl methyl sites for hydroxylation is 1. The van der Waals surface area contributed by atoms with Crippen LogP contribution in [0.4, 0.5) is 10.2 Å². The zero-order valence-electron chi connectivity index (χ0n) is 25.9. The van der Waals surface area contributed by atoms with E-state index >= 15 is 0 Å². The highest BCUT2D eigenvalue weighted by Crippen LogP contribution is 2.34. The zero-order chi connectivity index (χ0) is 31.5. The van der Waals surface area contributed by atoms with Gasteiger partial charge < -0.3 is 29.6 Å². The number of benzene rings is 1. The molecule has 2 N–H and O–H groups in total. The number of carbonyl (C=O) groups is 2. The summed E-state index contributed by atoms with van der Waals surface area (Å²) < 4.78 is 26.4. The molecule has 2 aromatic heterocycles. The van der Waals surface area contributed by atoms with Crippen LogP contribution in [0.5, 0.6) is 5.88 Å². The Hall–Kier alpha value is -4.09. The molecular weight excluding hydrogens is 565 g/mol. The number of pyridine rings is 2. The Morgan fingerprint density at radius 2 is 1.84 bits per heavy atom. The van der Waals surface area contributed by atoms with Crippen LogP contribution in [0.1, 0.15) is 71.5 Å². The van der Waals surface area contributed by atoms with Gasteiger partial charge in [0, 0.05) is 44.1 Å². The highest BCUT2D eigenvalue weighted by atomic mass is 19.1. The van der Waals surface area contributed by atoms with E-state index in [1.54, 1.807) is 35.9 Å². The number of anilines is 1. The molecule has 5 rings (SSSR count). The first kappa shape index (κ1) is 31.3. The Bertz CT molecular complexity index is 1600. The third kappa shape index (κ3) is 7.34. The van der Waals surface area contributed by atoms with Gasteiger partial charge in [0.05, 0.1) is 25.3 Å². The summed E-state index contributed by atoms with van der Waals surface area (Å²) in [5.74, 6) is -0.437. The van der Waals surface area contributed by atoms with E-state index in [0.717, 1.165) is 24.0 Å². The van der Waals surface area contributed by atoms with Gasteiger partial charge in [-0.25, -0.2) is 4.39 Å². The molecule has 1 aromatic carbocycles. The van der Waals surface area contributed by atoms with E-state index in [4.69, 9.17) is 9.47 Å². The second kappa shape index (κ2) is 13.3. The Kier molecular flexibility index (Phi) is 9.45. The van der Waals surface area contributed by atoms with Crippen molar-refractivity contribution < 1.29 is 23.5 Å². The summed E-state index contributed by atoms with van der Waals surface area (Å²) in [6.07, 6.45) is 2.38. The lowest BCUT2D eigenvalue weighted by molar-refractivity contribution is 0.0401. The van der Waals surface area contributed by atoms with Crippen molar-refractivity contribution in [2.45, 2.75) is 71.5 Å². The maximum atomic E-state index is 13.6. The maximum Gasteiger partial charge on any atom is 0.263 e. The Morgan fingerprint density at radius 1 is 1.09 bits per heavy atom. The van der Waals surface area contributed by atoms with E-state index in [-0.39, 0.29) is 60.1 Å². The van der Waals surface area contributed by atoms with Crippen LogP contribution >= 0.6 is 0 Å². The molecule has 11 heteroatoms. The van der Waals surface area contributed by atoms with Crippen molar-refractivity contribution >= 4 is 17.6 Å². The number of ether oxygens (including phenoxy) is 2. The van der Waals surface area contributed by atoms with Gasteiger partial charge in [0.25, 0.3) is 17.4 Å². The largest absolute Gasteiger partial charge is 0.475 e. The lowest BCUT2D eigenvalue weighted by Crippen LogP contribution is -2.51. The van der Waals surface area contributed by atoms with Crippen molar-refractivity contribution in [2.75, 3.05) is 32.1 Å². The highest BCUT2D eigenvalue weighted by Gasteiger charge is 2.32. The third-order valence-electron chi connectivity index (χ3n) is 7.69.